The van der Waals surface area contributed by atoms with Gasteiger partial charge in [0.15, 0.2) is 0 Å². The summed E-state index contributed by atoms with van der Waals surface area (Å²) in [5, 5.41) is 4.79. The first-order valence-electron chi connectivity index (χ1n) is 7.87. The number of unbranched alkanes of at least 4 members (excludes halogenated alkanes) is 5. The van der Waals surface area contributed by atoms with Crippen LogP contribution in [0.2, 0.25) is 0 Å². The number of rotatable bonds is 10. The maximum atomic E-state index is 11.4. The number of hydrogen-bond donors (Lipinski definition) is 2. The lowest BCUT2D eigenvalue weighted by Crippen LogP contribution is -3.00. The number of likely N-dealkylation sites (N-methyl/N-ethyl adjacent to an activating group) is 1. The van der Waals surface area contributed by atoms with Crippen LogP contribution in [-0.2, 0) is 4.74 Å². The second-order valence-corrected chi connectivity index (χ2v) is 6.30. The lowest BCUT2D eigenvalue weighted by Gasteiger charge is -2.23. The SMILES string of the molecule is CCCCCCCCOC(=O)NC(=O)NCC[N+](C)(C)C.[I-]. The molecule has 0 rings (SSSR count). The number of carbonyl (C=O) groups excluding carboxylic acids is 2. The molecule has 0 aliphatic rings. The topological polar surface area (TPSA) is 67.4 Å². The third kappa shape index (κ3) is 17.5. The first-order valence-corrected chi connectivity index (χ1v) is 7.87. The van der Waals surface area contributed by atoms with Gasteiger partial charge >= 0.3 is 12.1 Å². The summed E-state index contributed by atoms with van der Waals surface area (Å²) in [5.41, 5.74) is 0. The number of halogens is 1. The number of hydrogen-bond acceptors (Lipinski definition) is 3. The van der Waals surface area contributed by atoms with Crippen LogP contribution in [0.5, 0.6) is 0 Å². The number of imide groups is 1. The Balaban J connectivity index is 0. The van der Waals surface area contributed by atoms with Crippen molar-refractivity contribution in [3.63, 3.8) is 0 Å². The highest BCUT2D eigenvalue weighted by Crippen LogP contribution is 2.04. The molecule has 0 spiro atoms. The number of ether oxygens (including phenoxy) is 1. The zero-order valence-electron chi connectivity index (χ0n) is 14.4. The number of carbonyl (C=O) groups is 2. The number of urea groups is 1. The van der Waals surface area contributed by atoms with E-state index in [0.717, 1.165) is 23.9 Å². The van der Waals surface area contributed by atoms with E-state index in [4.69, 9.17) is 4.74 Å². The number of alkyl carbamates (subject to hydrolysis) is 1. The van der Waals surface area contributed by atoms with Gasteiger partial charge in [-0.25, -0.2) is 14.9 Å². The summed E-state index contributed by atoms with van der Waals surface area (Å²) >= 11 is 0. The Bertz CT molecular complexity index is 307. The third-order valence-electron chi connectivity index (χ3n) is 3.01. The van der Waals surface area contributed by atoms with Gasteiger partial charge in [0.1, 0.15) is 0 Å². The molecular formula is C15H32IN3O3. The van der Waals surface area contributed by atoms with E-state index in [1.54, 1.807) is 0 Å². The standard InChI is InChI=1S/C15H31N3O3.HI/c1-5-6-7-8-9-10-13-21-15(20)17-14(19)16-11-12-18(2,3)4;/h5-13H2,1-4H3,(H-,16,17,19,20);1H. The van der Waals surface area contributed by atoms with Gasteiger partial charge < -0.3 is 38.5 Å². The molecule has 0 unspecified atom stereocenters. The molecule has 0 aromatic carbocycles. The number of amides is 3. The van der Waals surface area contributed by atoms with E-state index in [1.807, 2.05) is 21.1 Å². The van der Waals surface area contributed by atoms with Crippen LogP contribution < -0.4 is 34.6 Å². The maximum Gasteiger partial charge on any atom is 0.415 e. The van der Waals surface area contributed by atoms with Gasteiger partial charge in [0.05, 0.1) is 40.8 Å². The molecule has 3 amide bonds. The van der Waals surface area contributed by atoms with Gasteiger partial charge in [-0.1, -0.05) is 39.0 Å². The molecule has 0 bridgehead atoms. The Morgan fingerprint density at radius 3 is 2.18 bits per heavy atom. The van der Waals surface area contributed by atoms with Crippen LogP contribution in [0.25, 0.3) is 0 Å². The smallest absolute Gasteiger partial charge is 0.415 e. The molecule has 0 saturated carbocycles. The normalized spacial score (nSPS) is 10.5. The summed E-state index contributed by atoms with van der Waals surface area (Å²) in [7, 11) is 6.11. The van der Waals surface area contributed by atoms with E-state index in [9.17, 15) is 9.59 Å². The predicted octanol–water partition coefficient (Wildman–Crippen LogP) is -0.507. The van der Waals surface area contributed by atoms with Crippen LogP contribution in [0.15, 0.2) is 0 Å². The fraction of sp³-hybridized carbons (Fsp3) is 0.867. The molecule has 22 heavy (non-hydrogen) atoms. The van der Waals surface area contributed by atoms with Crippen LogP contribution >= 0.6 is 0 Å². The van der Waals surface area contributed by atoms with Crippen molar-refractivity contribution < 1.29 is 42.8 Å². The van der Waals surface area contributed by atoms with E-state index in [0.29, 0.717) is 13.2 Å². The summed E-state index contributed by atoms with van der Waals surface area (Å²) in [6.45, 7) is 3.85. The Hall–Kier alpha value is -0.570. The molecule has 0 aromatic heterocycles. The molecule has 0 aliphatic heterocycles. The van der Waals surface area contributed by atoms with Crippen molar-refractivity contribution in [3.8, 4) is 0 Å². The van der Waals surface area contributed by atoms with Crippen molar-refractivity contribution in [2.45, 2.75) is 45.4 Å². The van der Waals surface area contributed by atoms with Gasteiger partial charge in [-0.2, -0.15) is 0 Å². The van der Waals surface area contributed by atoms with Crippen LogP contribution in [-0.4, -0.2) is 57.4 Å². The predicted molar refractivity (Wildman–Crippen MR) is 84.2 cm³/mol. The first kappa shape index (κ1) is 23.7. The maximum absolute atomic E-state index is 11.4. The van der Waals surface area contributed by atoms with Crippen LogP contribution in [0.3, 0.4) is 0 Å². The highest BCUT2D eigenvalue weighted by molar-refractivity contribution is 5.90. The molecule has 6 nitrogen and oxygen atoms in total. The molecule has 7 heteroatoms. The fourth-order valence-electron chi connectivity index (χ4n) is 1.73. The second kappa shape index (κ2) is 14.0. The minimum atomic E-state index is -0.675. The van der Waals surface area contributed by atoms with E-state index in [2.05, 4.69) is 17.6 Å². The van der Waals surface area contributed by atoms with E-state index in [1.165, 1.54) is 25.7 Å². The first-order chi connectivity index (χ1) is 9.85. The Kier molecular flexibility index (Phi) is 15.1. The van der Waals surface area contributed by atoms with Crippen LogP contribution in [0.1, 0.15) is 45.4 Å². The summed E-state index contributed by atoms with van der Waals surface area (Å²) in [4.78, 5) is 22.8. The molecule has 0 aromatic rings. The quantitative estimate of drug-likeness (QED) is 0.280. The Labute approximate surface area is 151 Å². The zero-order chi connectivity index (χ0) is 16.1. The zero-order valence-corrected chi connectivity index (χ0v) is 16.6. The molecule has 0 saturated heterocycles. The monoisotopic (exact) mass is 429 g/mol. The molecule has 132 valence electrons. The van der Waals surface area contributed by atoms with Gasteiger partial charge in [-0.3, -0.25) is 0 Å². The summed E-state index contributed by atoms with van der Waals surface area (Å²) < 4.78 is 5.70. The number of quaternary nitrogens is 1. The lowest BCUT2D eigenvalue weighted by atomic mass is 10.1. The van der Waals surface area contributed by atoms with Gasteiger partial charge in [0.2, 0.25) is 0 Å². The Morgan fingerprint density at radius 1 is 1.00 bits per heavy atom. The van der Waals surface area contributed by atoms with Crippen molar-refractivity contribution in [3.05, 3.63) is 0 Å². The number of nitrogens with zero attached hydrogens (tertiary/aromatic N) is 1. The van der Waals surface area contributed by atoms with Crippen molar-refractivity contribution >= 4 is 12.1 Å². The molecule has 0 fully saturated rings. The lowest BCUT2D eigenvalue weighted by molar-refractivity contribution is -0.869. The molecular weight excluding hydrogens is 397 g/mol. The summed E-state index contributed by atoms with van der Waals surface area (Å²) in [6, 6.07) is -0.503. The molecule has 0 radical (unpaired) electrons. The van der Waals surface area contributed by atoms with Crippen molar-refractivity contribution in [1.82, 2.24) is 10.6 Å². The minimum Gasteiger partial charge on any atom is -1.00 e. The highest BCUT2D eigenvalue weighted by atomic mass is 127. The average Bonchev–Trinajstić information content (AvgIpc) is 2.36. The largest absolute Gasteiger partial charge is 1.00 e. The van der Waals surface area contributed by atoms with E-state index < -0.39 is 12.1 Å². The number of nitrogens with one attached hydrogen (secondary N) is 2. The van der Waals surface area contributed by atoms with Gasteiger partial charge in [-0.15, -0.1) is 0 Å². The van der Waals surface area contributed by atoms with Crippen LogP contribution in [0.4, 0.5) is 9.59 Å². The van der Waals surface area contributed by atoms with Crippen molar-refractivity contribution in [2.75, 3.05) is 40.8 Å². The van der Waals surface area contributed by atoms with E-state index >= 15 is 0 Å². The second-order valence-electron chi connectivity index (χ2n) is 6.30. The highest BCUT2D eigenvalue weighted by Gasteiger charge is 2.10. The molecule has 0 atom stereocenters. The van der Waals surface area contributed by atoms with Crippen LogP contribution in [0, 0.1) is 0 Å². The molecule has 2 N–H and O–H groups in total. The summed E-state index contributed by atoms with van der Waals surface area (Å²) in [5.74, 6) is 0. The average molecular weight is 429 g/mol. The van der Waals surface area contributed by atoms with Crippen molar-refractivity contribution in [2.24, 2.45) is 0 Å². The van der Waals surface area contributed by atoms with E-state index in [-0.39, 0.29) is 24.0 Å². The summed E-state index contributed by atoms with van der Waals surface area (Å²) in [6.07, 6.45) is 6.12. The molecule has 0 heterocycles. The fourth-order valence-corrected chi connectivity index (χ4v) is 1.73. The van der Waals surface area contributed by atoms with Crippen molar-refractivity contribution in [1.29, 1.82) is 0 Å². The van der Waals surface area contributed by atoms with Gasteiger partial charge in [0, 0.05) is 0 Å². The molecule has 0 aliphatic carbocycles. The third-order valence-corrected chi connectivity index (χ3v) is 3.01. The minimum absolute atomic E-state index is 0. The Morgan fingerprint density at radius 2 is 1.59 bits per heavy atom. The van der Waals surface area contributed by atoms with Gasteiger partial charge in [0.25, 0.3) is 0 Å². The van der Waals surface area contributed by atoms with Gasteiger partial charge in [-0.05, 0) is 6.42 Å².